The third-order valence-corrected chi connectivity index (χ3v) is 7.13. The van der Waals surface area contributed by atoms with E-state index in [1.165, 1.54) is 24.3 Å². The van der Waals surface area contributed by atoms with Crippen LogP contribution in [0.5, 0.6) is 5.75 Å². The summed E-state index contributed by atoms with van der Waals surface area (Å²) in [5.41, 5.74) is 0.783. The molecular formula is C27H31ClFN3O4. The van der Waals surface area contributed by atoms with Crippen LogP contribution in [0.3, 0.4) is 0 Å². The molecule has 0 bridgehead atoms. The van der Waals surface area contributed by atoms with E-state index in [2.05, 4.69) is 10.6 Å². The Morgan fingerprint density at radius 1 is 1.03 bits per heavy atom. The van der Waals surface area contributed by atoms with Gasteiger partial charge in [-0.25, -0.2) is 4.39 Å². The fourth-order valence-corrected chi connectivity index (χ4v) is 4.87. The molecule has 192 valence electrons. The Morgan fingerprint density at radius 3 is 2.42 bits per heavy atom. The summed E-state index contributed by atoms with van der Waals surface area (Å²) >= 11 is 6.12. The summed E-state index contributed by atoms with van der Waals surface area (Å²) in [6, 6.07) is 10.3. The van der Waals surface area contributed by atoms with Crippen LogP contribution in [0.25, 0.3) is 0 Å². The molecule has 2 aliphatic heterocycles. The van der Waals surface area contributed by atoms with Crippen molar-refractivity contribution in [1.29, 1.82) is 0 Å². The van der Waals surface area contributed by atoms with E-state index in [1.807, 2.05) is 0 Å². The number of carbonyl (C=O) groups is 3. The van der Waals surface area contributed by atoms with Crippen molar-refractivity contribution >= 4 is 29.2 Å². The zero-order valence-corrected chi connectivity index (χ0v) is 20.9. The predicted molar refractivity (Wildman–Crippen MR) is 135 cm³/mol. The second kappa shape index (κ2) is 12.3. The highest BCUT2D eigenvalue weighted by Crippen LogP contribution is 2.25. The number of hydrogen-bond donors (Lipinski definition) is 2. The van der Waals surface area contributed by atoms with Crippen LogP contribution in [0.2, 0.25) is 5.02 Å². The zero-order valence-electron chi connectivity index (χ0n) is 20.1. The van der Waals surface area contributed by atoms with Gasteiger partial charge in [-0.05, 0) is 87.2 Å². The average molecular weight is 516 g/mol. The Labute approximate surface area is 215 Å². The van der Waals surface area contributed by atoms with E-state index in [4.69, 9.17) is 16.3 Å². The smallest absolute Gasteiger partial charge is 0.260 e. The lowest BCUT2D eigenvalue weighted by Crippen LogP contribution is -2.42. The average Bonchev–Trinajstić information content (AvgIpc) is 2.91. The van der Waals surface area contributed by atoms with Gasteiger partial charge in [0.15, 0.2) is 12.4 Å². The predicted octanol–water partition coefficient (Wildman–Crippen LogP) is 3.71. The fraction of sp³-hybridized carbons (Fsp3) is 0.444. The number of hydrogen-bond acceptors (Lipinski definition) is 5. The van der Waals surface area contributed by atoms with Gasteiger partial charge in [0.25, 0.3) is 11.8 Å². The number of Topliss-reactive ketones (excluding diaryl/α,β-unsaturated/α-hetero) is 1. The molecular weight excluding hydrogens is 485 g/mol. The van der Waals surface area contributed by atoms with Crippen molar-refractivity contribution in [3.8, 4) is 5.75 Å². The number of carbonyl (C=O) groups excluding carboxylic acids is 3. The first-order valence-electron chi connectivity index (χ1n) is 12.4. The molecule has 36 heavy (non-hydrogen) atoms. The Bertz CT molecular complexity index is 1080. The number of rotatable bonds is 8. The van der Waals surface area contributed by atoms with Crippen molar-refractivity contribution in [2.45, 2.75) is 25.7 Å². The van der Waals surface area contributed by atoms with Crippen molar-refractivity contribution in [1.82, 2.24) is 15.5 Å². The van der Waals surface area contributed by atoms with E-state index >= 15 is 0 Å². The molecule has 2 aromatic carbocycles. The zero-order chi connectivity index (χ0) is 25.5. The topological polar surface area (TPSA) is 87.7 Å². The normalized spacial score (nSPS) is 17.0. The maximum absolute atomic E-state index is 13.1. The molecule has 7 nitrogen and oxygen atoms in total. The number of likely N-dealkylation sites (tertiary alicyclic amines) is 1. The third-order valence-electron chi connectivity index (χ3n) is 6.89. The summed E-state index contributed by atoms with van der Waals surface area (Å²) in [7, 11) is 0. The fourth-order valence-electron chi connectivity index (χ4n) is 4.70. The SMILES string of the molecule is O=C(NCC1CCNCC1)c1cc(Cl)ccc1OCC(=O)N1CCC(C(=O)c2ccc(F)cc2)CC1. The highest BCUT2D eigenvalue weighted by molar-refractivity contribution is 6.31. The van der Waals surface area contributed by atoms with E-state index in [9.17, 15) is 18.8 Å². The van der Waals surface area contributed by atoms with E-state index in [0.717, 1.165) is 25.9 Å². The molecule has 2 aliphatic rings. The summed E-state index contributed by atoms with van der Waals surface area (Å²) in [4.78, 5) is 40.0. The van der Waals surface area contributed by atoms with Gasteiger partial charge in [0.2, 0.25) is 0 Å². The first-order valence-corrected chi connectivity index (χ1v) is 12.8. The van der Waals surface area contributed by atoms with Gasteiger partial charge in [0, 0.05) is 36.1 Å². The van der Waals surface area contributed by atoms with E-state index in [0.29, 0.717) is 60.3 Å². The van der Waals surface area contributed by atoms with Gasteiger partial charge in [-0.2, -0.15) is 0 Å². The molecule has 0 spiro atoms. The standard InChI is InChI=1S/C27H31ClFN3O4/c28-21-3-6-24(23(15-21)27(35)31-16-18-7-11-30-12-8-18)36-17-25(33)32-13-9-20(10-14-32)26(34)19-1-4-22(29)5-2-19/h1-6,15,18,20,30H,7-14,16-17H2,(H,31,35). The molecule has 9 heteroatoms. The van der Waals surface area contributed by atoms with Gasteiger partial charge in [-0.3, -0.25) is 14.4 Å². The van der Waals surface area contributed by atoms with Crippen LogP contribution < -0.4 is 15.4 Å². The van der Waals surface area contributed by atoms with Crippen LogP contribution in [0, 0.1) is 17.7 Å². The molecule has 0 aromatic heterocycles. The van der Waals surface area contributed by atoms with Crippen molar-refractivity contribution in [2.75, 3.05) is 39.3 Å². The van der Waals surface area contributed by atoms with E-state index in [-0.39, 0.29) is 35.9 Å². The van der Waals surface area contributed by atoms with Gasteiger partial charge < -0.3 is 20.3 Å². The highest BCUT2D eigenvalue weighted by Gasteiger charge is 2.28. The Balaban J connectivity index is 1.28. The lowest BCUT2D eigenvalue weighted by atomic mass is 9.89. The maximum Gasteiger partial charge on any atom is 0.260 e. The maximum atomic E-state index is 13.1. The Morgan fingerprint density at radius 2 is 1.72 bits per heavy atom. The summed E-state index contributed by atoms with van der Waals surface area (Å²) in [5.74, 6) is -0.367. The molecule has 2 fully saturated rings. The van der Waals surface area contributed by atoms with Gasteiger partial charge in [0.1, 0.15) is 11.6 Å². The molecule has 2 amide bonds. The highest BCUT2D eigenvalue weighted by atomic mass is 35.5. The number of piperidine rings is 2. The van der Waals surface area contributed by atoms with Crippen molar-refractivity contribution in [2.24, 2.45) is 11.8 Å². The molecule has 0 radical (unpaired) electrons. The first kappa shape index (κ1) is 26.1. The molecule has 0 atom stereocenters. The van der Waals surface area contributed by atoms with Gasteiger partial charge >= 0.3 is 0 Å². The molecule has 0 unspecified atom stereocenters. The third kappa shape index (κ3) is 6.83. The van der Waals surface area contributed by atoms with E-state index in [1.54, 1.807) is 23.1 Å². The monoisotopic (exact) mass is 515 g/mol. The number of amides is 2. The van der Waals surface area contributed by atoms with E-state index < -0.39 is 0 Å². The molecule has 2 heterocycles. The van der Waals surface area contributed by atoms with Crippen LogP contribution in [-0.2, 0) is 4.79 Å². The minimum atomic E-state index is -0.380. The number of halogens is 2. The number of nitrogens with zero attached hydrogens (tertiary/aromatic N) is 1. The van der Waals surface area contributed by atoms with Crippen LogP contribution in [0.1, 0.15) is 46.4 Å². The molecule has 2 aromatic rings. The van der Waals surface area contributed by atoms with Gasteiger partial charge in [-0.15, -0.1) is 0 Å². The molecule has 2 N–H and O–H groups in total. The van der Waals surface area contributed by atoms with Crippen molar-refractivity contribution < 1.29 is 23.5 Å². The van der Waals surface area contributed by atoms with Crippen LogP contribution in [0.4, 0.5) is 4.39 Å². The molecule has 4 rings (SSSR count). The van der Waals surface area contributed by atoms with Crippen LogP contribution >= 0.6 is 11.6 Å². The minimum Gasteiger partial charge on any atom is -0.483 e. The summed E-state index contributed by atoms with van der Waals surface area (Å²) in [6.45, 7) is 3.13. The van der Waals surface area contributed by atoms with Gasteiger partial charge in [-0.1, -0.05) is 11.6 Å². The Hall–Kier alpha value is -2.97. The second-order valence-electron chi connectivity index (χ2n) is 9.36. The quantitative estimate of drug-likeness (QED) is 0.523. The van der Waals surface area contributed by atoms with Crippen LogP contribution in [0.15, 0.2) is 42.5 Å². The lowest BCUT2D eigenvalue weighted by molar-refractivity contribution is -0.134. The molecule has 0 saturated carbocycles. The second-order valence-corrected chi connectivity index (χ2v) is 9.80. The van der Waals surface area contributed by atoms with Crippen LogP contribution in [-0.4, -0.2) is 61.8 Å². The first-order chi connectivity index (χ1) is 17.4. The molecule has 2 saturated heterocycles. The summed E-state index contributed by atoms with van der Waals surface area (Å²) < 4.78 is 18.9. The number of ketones is 1. The largest absolute Gasteiger partial charge is 0.483 e. The number of ether oxygens (including phenoxy) is 1. The molecule has 0 aliphatic carbocycles. The number of benzene rings is 2. The number of nitrogens with one attached hydrogen (secondary N) is 2. The van der Waals surface area contributed by atoms with Gasteiger partial charge in [0.05, 0.1) is 5.56 Å². The Kier molecular flexibility index (Phi) is 8.93. The summed E-state index contributed by atoms with van der Waals surface area (Å²) in [5, 5.41) is 6.68. The minimum absolute atomic E-state index is 0.0281. The summed E-state index contributed by atoms with van der Waals surface area (Å²) in [6.07, 6.45) is 3.10. The lowest BCUT2D eigenvalue weighted by Gasteiger charge is -2.31. The van der Waals surface area contributed by atoms with Crippen molar-refractivity contribution in [3.05, 3.63) is 64.4 Å². The van der Waals surface area contributed by atoms with Crippen molar-refractivity contribution in [3.63, 3.8) is 0 Å².